The Morgan fingerprint density at radius 1 is 1.18 bits per heavy atom. The van der Waals surface area contributed by atoms with Crippen LogP contribution in [0.4, 0.5) is 9.18 Å². The van der Waals surface area contributed by atoms with Crippen molar-refractivity contribution in [1.29, 1.82) is 5.41 Å². The van der Waals surface area contributed by atoms with Gasteiger partial charge >= 0.3 is 6.09 Å². The summed E-state index contributed by atoms with van der Waals surface area (Å²) in [4.78, 5) is 20.3. The number of aromatic nitrogens is 2. The minimum Gasteiger partial charge on any atom is -0.492 e. The number of aryl methyl sites for hydroxylation is 1. The molecule has 2 aromatic carbocycles. The molecule has 1 amide bonds. The largest absolute Gasteiger partial charge is 0.492 e. The van der Waals surface area contributed by atoms with Crippen molar-refractivity contribution in [3.05, 3.63) is 97.6 Å². The van der Waals surface area contributed by atoms with E-state index in [-0.39, 0.29) is 11.1 Å². The Bertz CT molecular complexity index is 1730. The molecular weight excluding hydrogens is 551 g/mol. The Morgan fingerprint density at radius 3 is 2.65 bits per heavy atom. The van der Waals surface area contributed by atoms with E-state index in [0.717, 1.165) is 38.7 Å². The maximum absolute atomic E-state index is 13.4. The molecule has 7 nitrogen and oxygen atoms in total. The normalized spacial score (nSPS) is 17.8. The van der Waals surface area contributed by atoms with Gasteiger partial charge in [-0.05, 0) is 67.3 Å². The highest BCUT2D eigenvalue weighted by Gasteiger charge is 2.35. The lowest BCUT2D eigenvalue weighted by Crippen LogP contribution is -2.43. The molecule has 0 bridgehead atoms. The van der Waals surface area contributed by atoms with E-state index in [1.165, 1.54) is 35.6 Å². The Kier molecular flexibility index (Phi) is 7.25. The van der Waals surface area contributed by atoms with Crippen LogP contribution in [0.5, 0.6) is 11.5 Å². The van der Waals surface area contributed by atoms with E-state index in [2.05, 4.69) is 17.1 Å². The lowest BCUT2D eigenvalue weighted by atomic mass is 9.92. The zero-order valence-corrected chi connectivity index (χ0v) is 23.4. The molecule has 206 valence electrons. The maximum Gasteiger partial charge on any atom is 0.416 e. The van der Waals surface area contributed by atoms with Crippen molar-refractivity contribution in [3.63, 3.8) is 0 Å². The number of hydrogen-bond acceptors (Lipinski definition) is 5. The fourth-order valence-electron chi connectivity index (χ4n) is 5.34. The first kappa shape index (κ1) is 26.4. The van der Waals surface area contributed by atoms with Gasteiger partial charge < -0.3 is 19.0 Å². The molecule has 2 aromatic heterocycles. The number of ether oxygens (including phenoxy) is 2. The molecule has 0 saturated carbocycles. The molecule has 4 aromatic rings. The summed E-state index contributed by atoms with van der Waals surface area (Å²) in [6, 6.07) is 12.7. The Balaban J connectivity index is 1.28. The summed E-state index contributed by atoms with van der Waals surface area (Å²) in [5.41, 5.74) is 3.00. The van der Waals surface area contributed by atoms with E-state index in [1.807, 2.05) is 42.0 Å². The number of benzene rings is 2. The Hall–Kier alpha value is -3.82. The first-order valence-electron chi connectivity index (χ1n) is 13.1. The standard InChI is InChI=1S/C30H28ClFN4O3S/c1-18-17-35(29(33)40-18)14-15-38-22-7-2-19(3-8-22)28-27-24(25-16-20(31)4-11-26(25)34-27)12-13-36(28)30(37)39-23-9-5-21(32)6-10-23/h2-3,5-11,16-17,20,28,33-34H,4,12-15H2,1H3. The minimum atomic E-state index is -0.507. The number of nitrogens with one attached hydrogen (secondary N) is 2. The van der Waals surface area contributed by atoms with Gasteiger partial charge in [-0.3, -0.25) is 10.3 Å². The lowest BCUT2D eigenvalue weighted by Gasteiger charge is -2.35. The van der Waals surface area contributed by atoms with Crippen LogP contribution >= 0.6 is 22.9 Å². The maximum atomic E-state index is 13.4. The number of carbonyl (C=O) groups is 1. The van der Waals surface area contributed by atoms with E-state index in [1.54, 1.807) is 4.90 Å². The number of amides is 1. The van der Waals surface area contributed by atoms with Gasteiger partial charge in [-0.1, -0.05) is 24.3 Å². The summed E-state index contributed by atoms with van der Waals surface area (Å²) in [5.74, 6) is 0.595. The molecule has 3 heterocycles. The molecule has 0 fully saturated rings. The zero-order valence-electron chi connectivity index (χ0n) is 21.8. The third-order valence-electron chi connectivity index (χ3n) is 7.20. The summed E-state index contributed by atoms with van der Waals surface area (Å²) in [6.07, 6.45) is 7.04. The van der Waals surface area contributed by atoms with Gasteiger partial charge in [0, 0.05) is 33.9 Å². The second kappa shape index (κ2) is 11.0. The molecule has 2 N–H and O–H groups in total. The number of aromatic amines is 1. The molecule has 1 aliphatic carbocycles. The van der Waals surface area contributed by atoms with E-state index in [0.29, 0.717) is 36.7 Å². The molecule has 1 aliphatic heterocycles. The SMILES string of the molecule is Cc1cn(CCOc2ccc(C3c4[nH]c5c(c4CCN3C(=O)Oc3ccc(F)cc3)=CC(Cl)CC=5)cc2)c(=N)s1. The van der Waals surface area contributed by atoms with E-state index >= 15 is 0 Å². The summed E-state index contributed by atoms with van der Waals surface area (Å²) >= 11 is 7.89. The van der Waals surface area contributed by atoms with Crippen molar-refractivity contribution in [3.8, 4) is 11.5 Å². The second-order valence-corrected chi connectivity index (χ2v) is 11.7. The number of thiazole rings is 1. The van der Waals surface area contributed by atoms with Crippen LogP contribution in [0.25, 0.3) is 12.2 Å². The highest BCUT2D eigenvalue weighted by Crippen LogP contribution is 2.34. The summed E-state index contributed by atoms with van der Waals surface area (Å²) in [6.45, 7) is 3.46. The van der Waals surface area contributed by atoms with Crippen molar-refractivity contribution in [2.75, 3.05) is 13.2 Å². The third kappa shape index (κ3) is 5.31. The predicted molar refractivity (Wildman–Crippen MR) is 153 cm³/mol. The topological polar surface area (TPSA) is 83.3 Å². The first-order valence-corrected chi connectivity index (χ1v) is 14.4. The number of rotatable bonds is 6. The van der Waals surface area contributed by atoms with Crippen molar-refractivity contribution >= 4 is 41.2 Å². The fourth-order valence-corrected chi connectivity index (χ4v) is 6.30. The van der Waals surface area contributed by atoms with E-state index in [9.17, 15) is 9.18 Å². The Morgan fingerprint density at radius 2 is 1.93 bits per heavy atom. The predicted octanol–water partition coefficient (Wildman–Crippen LogP) is 4.60. The van der Waals surface area contributed by atoms with Crippen LogP contribution in [-0.4, -0.2) is 39.1 Å². The second-order valence-electron chi connectivity index (χ2n) is 9.89. The molecule has 0 saturated heterocycles. The van der Waals surface area contributed by atoms with E-state index < -0.39 is 18.0 Å². The Labute approximate surface area is 239 Å². The molecule has 10 heteroatoms. The molecule has 0 radical (unpaired) electrons. The number of hydrogen-bond donors (Lipinski definition) is 2. The average molecular weight is 579 g/mol. The van der Waals surface area contributed by atoms with Crippen LogP contribution < -0.4 is 24.8 Å². The zero-order chi connectivity index (χ0) is 27.8. The van der Waals surface area contributed by atoms with Gasteiger partial charge in [0.15, 0.2) is 4.80 Å². The molecule has 2 aliphatic rings. The number of alkyl halides is 1. The van der Waals surface area contributed by atoms with Gasteiger partial charge in [0.1, 0.15) is 30.0 Å². The smallest absolute Gasteiger partial charge is 0.416 e. The van der Waals surface area contributed by atoms with Gasteiger partial charge in [-0.2, -0.15) is 0 Å². The van der Waals surface area contributed by atoms with E-state index in [4.69, 9.17) is 26.5 Å². The molecular formula is C30H28ClFN4O3S. The van der Waals surface area contributed by atoms with Crippen molar-refractivity contribution in [2.24, 2.45) is 0 Å². The van der Waals surface area contributed by atoms with Crippen LogP contribution in [0.1, 0.15) is 34.2 Å². The number of halogens is 2. The number of fused-ring (bicyclic) bond motifs is 3. The average Bonchev–Trinajstić information content (AvgIpc) is 3.47. The third-order valence-corrected chi connectivity index (χ3v) is 8.36. The molecule has 2 atom stereocenters. The summed E-state index contributed by atoms with van der Waals surface area (Å²) < 4.78 is 26.9. The highest BCUT2D eigenvalue weighted by molar-refractivity contribution is 7.09. The van der Waals surface area contributed by atoms with Crippen LogP contribution in [0.15, 0.2) is 54.7 Å². The monoisotopic (exact) mass is 578 g/mol. The summed E-state index contributed by atoms with van der Waals surface area (Å²) in [7, 11) is 0. The van der Waals surface area contributed by atoms with Crippen LogP contribution in [0.3, 0.4) is 0 Å². The van der Waals surface area contributed by atoms with Crippen LogP contribution in [0, 0.1) is 18.2 Å². The molecule has 40 heavy (non-hydrogen) atoms. The van der Waals surface area contributed by atoms with Gasteiger partial charge in [0.25, 0.3) is 0 Å². The highest BCUT2D eigenvalue weighted by atomic mass is 35.5. The first-order chi connectivity index (χ1) is 19.4. The summed E-state index contributed by atoms with van der Waals surface area (Å²) in [5, 5.41) is 10.1. The van der Waals surface area contributed by atoms with Gasteiger partial charge in [-0.15, -0.1) is 22.9 Å². The lowest BCUT2D eigenvalue weighted by molar-refractivity contribution is 0.135. The fraction of sp³-hybridized carbons (Fsp3) is 0.267. The minimum absolute atomic E-state index is 0.0638. The van der Waals surface area contributed by atoms with Crippen molar-refractivity contribution < 1.29 is 18.7 Å². The van der Waals surface area contributed by atoms with Crippen LogP contribution in [-0.2, 0) is 13.0 Å². The number of H-pyrrole nitrogens is 1. The van der Waals surface area contributed by atoms with Gasteiger partial charge in [0.05, 0.1) is 11.9 Å². The van der Waals surface area contributed by atoms with Crippen LogP contribution in [0.2, 0.25) is 0 Å². The number of carbonyl (C=O) groups excluding carboxylic acids is 1. The molecule has 6 rings (SSSR count). The number of nitrogens with zero attached hydrogens (tertiary/aromatic N) is 2. The van der Waals surface area contributed by atoms with Crippen molar-refractivity contribution in [1.82, 2.24) is 14.5 Å². The van der Waals surface area contributed by atoms with Crippen molar-refractivity contribution in [2.45, 2.75) is 37.7 Å². The molecule has 2 unspecified atom stereocenters. The van der Waals surface area contributed by atoms with Gasteiger partial charge in [-0.25, -0.2) is 9.18 Å². The molecule has 0 spiro atoms. The quantitative estimate of drug-likeness (QED) is 0.328. The van der Waals surface area contributed by atoms with Gasteiger partial charge in [0.2, 0.25) is 0 Å².